The number of fused-ring (bicyclic) bond motifs is 1. The number of methoxy groups -OCH3 is 1. The number of amides is 1. The normalized spacial score (nSPS) is 15.5. The van der Waals surface area contributed by atoms with Crippen LogP contribution in [0.25, 0.3) is 10.8 Å². The van der Waals surface area contributed by atoms with Gasteiger partial charge < -0.3 is 9.64 Å². The first-order valence-corrected chi connectivity index (χ1v) is 7.61. The van der Waals surface area contributed by atoms with Crippen molar-refractivity contribution in [2.24, 2.45) is 0 Å². The van der Waals surface area contributed by atoms with Crippen LogP contribution in [0.5, 0.6) is 5.75 Å². The summed E-state index contributed by atoms with van der Waals surface area (Å²) in [5.41, 5.74) is 1.28. The second kappa shape index (κ2) is 6.17. The molecule has 1 amide bonds. The number of carbonyl (C=O) groups excluding carboxylic acids is 1. The van der Waals surface area contributed by atoms with Crippen LogP contribution < -0.4 is 4.74 Å². The Kier molecular flexibility index (Phi) is 4.09. The van der Waals surface area contributed by atoms with E-state index in [9.17, 15) is 4.79 Å². The Morgan fingerprint density at radius 3 is 2.90 bits per heavy atom. The minimum absolute atomic E-state index is 0.305. The molecule has 0 radical (unpaired) electrons. The lowest BCUT2D eigenvalue weighted by Crippen LogP contribution is -2.36. The van der Waals surface area contributed by atoms with Crippen LogP contribution in [-0.2, 0) is 11.2 Å². The highest BCUT2D eigenvalue weighted by Gasteiger charge is 2.17. The molecule has 3 nitrogen and oxygen atoms in total. The molecular formula is C18H21NO2. The van der Waals surface area contributed by atoms with Crippen molar-refractivity contribution in [2.75, 3.05) is 20.2 Å². The second-order valence-electron chi connectivity index (χ2n) is 5.59. The molecule has 1 heterocycles. The predicted octanol–water partition coefficient (Wildman–Crippen LogP) is 3.40. The van der Waals surface area contributed by atoms with E-state index < -0.39 is 0 Å². The van der Waals surface area contributed by atoms with Crippen molar-refractivity contribution in [1.82, 2.24) is 4.90 Å². The predicted molar refractivity (Wildman–Crippen MR) is 84.6 cm³/mol. The lowest BCUT2D eigenvalue weighted by molar-refractivity contribution is -0.133. The lowest BCUT2D eigenvalue weighted by atomic mass is 10.0. The van der Waals surface area contributed by atoms with Crippen LogP contribution in [0.2, 0.25) is 0 Å². The first-order chi connectivity index (χ1) is 10.3. The molecule has 0 unspecified atom stereocenters. The van der Waals surface area contributed by atoms with Crippen LogP contribution in [-0.4, -0.2) is 31.0 Å². The second-order valence-corrected chi connectivity index (χ2v) is 5.59. The van der Waals surface area contributed by atoms with E-state index in [0.29, 0.717) is 12.3 Å². The lowest BCUT2D eigenvalue weighted by Gasteiger charge is -2.26. The third-order valence-electron chi connectivity index (χ3n) is 4.25. The number of ether oxygens (including phenoxy) is 1. The van der Waals surface area contributed by atoms with Crippen LogP contribution >= 0.6 is 0 Å². The van der Waals surface area contributed by atoms with E-state index in [1.54, 1.807) is 7.11 Å². The molecular weight excluding hydrogens is 262 g/mol. The molecule has 2 aromatic carbocycles. The van der Waals surface area contributed by atoms with E-state index >= 15 is 0 Å². The molecule has 3 rings (SSSR count). The van der Waals surface area contributed by atoms with Gasteiger partial charge in [-0.3, -0.25) is 4.79 Å². The van der Waals surface area contributed by atoms with Gasteiger partial charge in [0.2, 0.25) is 5.91 Å². The van der Waals surface area contributed by atoms with Crippen molar-refractivity contribution in [3.63, 3.8) is 0 Å². The first-order valence-electron chi connectivity index (χ1n) is 7.61. The molecule has 0 aromatic heterocycles. The fraction of sp³-hybridized carbons (Fsp3) is 0.389. The number of hydrogen-bond donors (Lipinski definition) is 0. The van der Waals surface area contributed by atoms with Crippen molar-refractivity contribution < 1.29 is 9.53 Å². The standard InChI is InChI=1S/C18H21NO2/c1-21-16-9-8-14-5-4-6-15(17(14)13-16)10-12-19-11-3-2-7-18(19)20/h4-6,8-9,13H,2-3,7,10-12H2,1H3. The van der Waals surface area contributed by atoms with Gasteiger partial charge in [-0.05, 0) is 47.7 Å². The Morgan fingerprint density at radius 1 is 1.19 bits per heavy atom. The minimum Gasteiger partial charge on any atom is -0.497 e. The number of rotatable bonds is 4. The quantitative estimate of drug-likeness (QED) is 0.860. The summed E-state index contributed by atoms with van der Waals surface area (Å²) in [4.78, 5) is 13.9. The molecule has 1 aliphatic heterocycles. The zero-order chi connectivity index (χ0) is 14.7. The number of piperidine rings is 1. The van der Waals surface area contributed by atoms with E-state index in [0.717, 1.165) is 38.1 Å². The van der Waals surface area contributed by atoms with Gasteiger partial charge in [-0.1, -0.05) is 24.3 Å². The molecule has 0 aliphatic carbocycles. The summed E-state index contributed by atoms with van der Waals surface area (Å²) in [5, 5.41) is 2.44. The average molecular weight is 283 g/mol. The topological polar surface area (TPSA) is 29.5 Å². The van der Waals surface area contributed by atoms with E-state index in [1.165, 1.54) is 16.3 Å². The van der Waals surface area contributed by atoms with Crippen LogP contribution in [0.1, 0.15) is 24.8 Å². The average Bonchev–Trinajstić information content (AvgIpc) is 2.53. The summed E-state index contributed by atoms with van der Waals surface area (Å²) in [6, 6.07) is 12.5. The zero-order valence-corrected chi connectivity index (χ0v) is 12.5. The molecule has 3 heteroatoms. The number of hydrogen-bond acceptors (Lipinski definition) is 2. The smallest absolute Gasteiger partial charge is 0.222 e. The van der Waals surface area contributed by atoms with Gasteiger partial charge in [-0.25, -0.2) is 0 Å². The Morgan fingerprint density at radius 2 is 2.10 bits per heavy atom. The third kappa shape index (κ3) is 3.02. The summed E-state index contributed by atoms with van der Waals surface area (Å²) in [6.45, 7) is 1.72. The molecule has 21 heavy (non-hydrogen) atoms. The fourth-order valence-corrected chi connectivity index (χ4v) is 3.02. The maximum atomic E-state index is 11.9. The van der Waals surface area contributed by atoms with Crippen molar-refractivity contribution in [1.29, 1.82) is 0 Å². The molecule has 110 valence electrons. The van der Waals surface area contributed by atoms with Gasteiger partial charge in [-0.15, -0.1) is 0 Å². The molecule has 1 aliphatic rings. The highest BCUT2D eigenvalue weighted by Crippen LogP contribution is 2.25. The highest BCUT2D eigenvalue weighted by atomic mass is 16.5. The summed E-state index contributed by atoms with van der Waals surface area (Å²) in [5.74, 6) is 1.18. The van der Waals surface area contributed by atoms with Crippen LogP contribution in [0, 0.1) is 0 Å². The number of benzene rings is 2. The van der Waals surface area contributed by atoms with Gasteiger partial charge in [0.15, 0.2) is 0 Å². The zero-order valence-electron chi connectivity index (χ0n) is 12.5. The molecule has 2 aromatic rings. The maximum absolute atomic E-state index is 11.9. The van der Waals surface area contributed by atoms with Crippen molar-refractivity contribution in [2.45, 2.75) is 25.7 Å². The Hall–Kier alpha value is -2.03. The van der Waals surface area contributed by atoms with Gasteiger partial charge >= 0.3 is 0 Å². The maximum Gasteiger partial charge on any atom is 0.222 e. The van der Waals surface area contributed by atoms with E-state index in [-0.39, 0.29) is 0 Å². The molecule has 0 saturated carbocycles. The summed E-state index contributed by atoms with van der Waals surface area (Å²) < 4.78 is 5.32. The number of likely N-dealkylation sites (tertiary alicyclic amines) is 1. The van der Waals surface area contributed by atoms with Crippen LogP contribution in [0.4, 0.5) is 0 Å². The van der Waals surface area contributed by atoms with Crippen molar-refractivity contribution >= 4 is 16.7 Å². The fourth-order valence-electron chi connectivity index (χ4n) is 3.02. The van der Waals surface area contributed by atoms with Gasteiger partial charge in [0, 0.05) is 19.5 Å². The van der Waals surface area contributed by atoms with Crippen LogP contribution in [0.15, 0.2) is 36.4 Å². The Balaban J connectivity index is 1.81. The molecule has 1 fully saturated rings. The van der Waals surface area contributed by atoms with E-state index in [4.69, 9.17) is 4.74 Å². The van der Waals surface area contributed by atoms with Gasteiger partial charge in [0.1, 0.15) is 5.75 Å². The Bertz CT molecular complexity index is 651. The third-order valence-corrected chi connectivity index (χ3v) is 4.25. The van der Waals surface area contributed by atoms with E-state index in [1.807, 2.05) is 11.0 Å². The first kappa shape index (κ1) is 13.9. The highest BCUT2D eigenvalue weighted by molar-refractivity contribution is 5.87. The van der Waals surface area contributed by atoms with Gasteiger partial charge in [0.05, 0.1) is 7.11 Å². The minimum atomic E-state index is 0.305. The molecule has 0 bridgehead atoms. The largest absolute Gasteiger partial charge is 0.497 e. The molecule has 1 saturated heterocycles. The Labute approximate surface area is 125 Å². The summed E-state index contributed by atoms with van der Waals surface area (Å²) in [7, 11) is 1.69. The monoisotopic (exact) mass is 283 g/mol. The van der Waals surface area contributed by atoms with Gasteiger partial charge in [-0.2, -0.15) is 0 Å². The number of carbonyl (C=O) groups is 1. The van der Waals surface area contributed by atoms with Crippen molar-refractivity contribution in [3.8, 4) is 5.75 Å². The molecule has 0 N–H and O–H groups in total. The van der Waals surface area contributed by atoms with Crippen LogP contribution in [0.3, 0.4) is 0 Å². The molecule has 0 spiro atoms. The van der Waals surface area contributed by atoms with Gasteiger partial charge in [0.25, 0.3) is 0 Å². The summed E-state index contributed by atoms with van der Waals surface area (Å²) >= 11 is 0. The molecule has 0 atom stereocenters. The van der Waals surface area contributed by atoms with Crippen molar-refractivity contribution in [3.05, 3.63) is 42.0 Å². The van der Waals surface area contributed by atoms with E-state index in [2.05, 4.69) is 30.3 Å². The SMILES string of the molecule is COc1ccc2cccc(CCN3CCCCC3=O)c2c1. The summed E-state index contributed by atoms with van der Waals surface area (Å²) in [6.07, 6.45) is 3.79. The number of nitrogens with zero attached hydrogens (tertiary/aromatic N) is 1.